The summed E-state index contributed by atoms with van der Waals surface area (Å²) in [5, 5.41) is 0. The molecule has 0 bridgehead atoms. The number of carbonyl (C=O) groups excluding carboxylic acids is 2. The third kappa shape index (κ3) is 44.1. The van der Waals surface area contributed by atoms with Crippen molar-refractivity contribution in [2.75, 3.05) is 47.5 Å². The van der Waals surface area contributed by atoms with Crippen molar-refractivity contribution in [3.63, 3.8) is 0 Å². The molecule has 0 amide bonds. The number of phosphoric acid groups is 1. The summed E-state index contributed by atoms with van der Waals surface area (Å²) < 4.78 is 34.2. The van der Waals surface area contributed by atoms with Gasteiger partial charge in [0.05, 0.1) is 27.7 Å². The van der Waals surface area contributed by atoms with Crippen LogP contribution in [0.3, 0.4) is 0 Å². The molecule has 1 N–H and O–H groups in total. The lowest BCUT2D eigenvalue weighted by Gasteiger charge is -2.24. The minimum absolute atomic E-state index is 0.0339. The molecule has 0 fully saturated rings. The second kappa shape index (κ2) is 40.9. The van der Waals surface area contributed by atoms with Crippen LogP contribution in [0.1, 0.15) is 219 Å². The van der Waals surface area contributed by atoms with E-state index in [1.807, 2.05) is 21.1 Å². The number of quaternary nitrogens is 1. The van der Waals surface area contributed by atoms with Crippen molar-refractivity contribution < 1.29 is 42.1 Å². The van der Waals surface area contributed by atoms with Gasteiger partial charge in [0.1, 0.15) is 19.8 Å². The number of nitrogens with zero attached hydrogens (tertiary/aromatic N) is 1. The molecule has 2 atom stereocenters. The van der Waals surface area contributed by atoms with Crippen LogP contribution in [0.25, 0.3) is 0 Å². The fraction of sp³-hybridized carbons (Fsp3) is 0.875. The van der Waals surface area contributed by atoms with Crippen molar-refractivity contribution in [2.24, 2.45) is 0 Å². The Hall–Kier alpha value is -1.51. The molecule has 58 heavy (non-hydrogen) atoms. The quantitative estimate of drug-likeness (QED) is 0.0212. The van der Waals surface area contributed by atoms with Gasteiger partial charge in [0.2, 0.25) is 0 Å². The van der Waals surface area contributed by atoms with E-state index >= 15 is 0 Å². The lowest BCUT2D eigenvalue weighted by Crippen LogP contribution is -2.37. The average molecular weight is 843 g/mol. The van der Waals surface area contributed by atoms with Gasteiger partial charge in [-0.05, 0) is 44.9 Å². The van der Waals surface area contributed by atoms with Gasteiger partial charge in [-0.1, -0.05) is 186 Å². The molecule has 342 valence electrons. The Labute approximate surface area is 358 Å². The fourth-order valence-electron chi connectivity index (χ4n) is 6.69. The maximum Gasteiger partial charge on any atom is 0.472 e. The molecule has 0 heterocycles. The molecule has 2 unspecified atom stereocenters. The number of unbranched alkanes of at least 4 members (excludes halogenated alkanes) is 26. The maximum absolute atomic E-state index is 12.7. The first-order valence-corrected chi connectivity index (χ1v) is 25.6. The zero-order valence-corrected chi connectivity index (χ0v) is 39.4. The largest absolute Gasteiger partial charge is 0.472 e. The minimum Gasteiger partial charge on any atom is -0.462 e. The van der Waals surface area contributed by atoms with Crippen LogP contribution in [0.15, 0.2) is 24.3 Å². The molecule has 10 heteroatoms. The SMILES string of the molecule is CCCCCCC/C=C\C/C=C\CCCCCCCCCCCCCCCCCC(=O)OC(COC(=O)CCCCCCCCC)COP(=O)(O)OCC[N+](C)(C)C. The molecule has 0 radical (unpaired) electrons. The van der Waals surface area contributed by atoms with Crippen molar-refractivity contribution in [1.29, 1.82) is 0 Å². The van der Waals surface area contributed by atoms with Gasteiger partial charge in [-0.15, -0.1) is 0 Å². The third-order valence-corrected chi connectivity index (χ3v) is 11.5. The van der Waals surface area contributed by atoms with Crippen molar-refractivity contribution in [3.8, 4) is 0 Å². The monoisotopic (exact) mass is 843 g/mol. The van der Waals surface area contributed by atoms with Gasteiger partial charge in [0, 0.05) is 12.8 Å². The van der Waals surface area contributed by atoms with Gasteiger partial charge < -0.3 is 18.9 Å². The van der Waals surface area contributed by atoms with Crippen LogP contribution in [-0.2, 0) is 32.7 Å². The lowest BCUT2D eigenvalue weighted by molar-refractivity contribution is -0.870. The van der Waals surface area contributed by atoms with E-state index in [2.05, 4.69) is 38.2 Å². The molecule has 0 aliphatic heterocycles. The minimum atomic E-state index is -4.36. The maximum atomic E-state index is 12.7. The predicted octanol–water partition coefficient (Wildman–Crippen LogP) is 13.9. The van der Waals surface area contributed by atoms with E-state index in [0.29, 0.717) is 23.9 Å². The number of hydrogen-bond acceptors (Lipinski definition) is 7. The Morgan fingerprint density at radius 1 is 0.534 bits per heavy atom. The molecule has 0 aliphatic carbocycles. The number of ether oxygens (including phenoxy) is 2. The number of phosphoric ester groups is 1. The number of esters is 2. The average Bonchev–Trinajstić information content (AvgIpc) is 3.17. The van der Waals surface area contributed by atoms with Crippen LogP contribution >= 0.6 is 7.82 Å². The van der Waals surface area contributed by atoms with Crippen LogP contribution in [-0.4, -0.2) is 74.9 Å². The molecule has 0 aromatic carbocycles. The Kier molecular flexibility index (Phi) is 39.8. The van der Waals surface area contributed by atoms with E-state index in [1.54, 1.807) is 0 Å². The van der Waals surface area contributed by atoms with Crippen LogP contribution in [0.4, 0.5) is 0 Å². The van der Waals surface area contributed by atoms with E-state index in [0.717, 1.165) is 38.5 Å². The lowest BCUT2D eigenvalue weighted by atomic mass is 10.0. The molecule has 0 aromatic rings. The van der Waals surface area contributed by atoms with Crippen molar-refractivity contribution in [2.45, 2.75) is 225 Å². The molecule has 0 saturated heterocycles. The highest BCUT2D eigenvalue weighted by Crippen LogP contribution is 2.43. The zero-order valence-electron chi connectivity index (χ0n) is 38.5. The van der Waals surface area contributed by atoms with E-state index in [1.165, 1.54) is 148 Å². The first-order valence-electron chi connectivity index (χ1n) is 24.1. The fourth-order valence-corrected chi connectivity index (χ4v) is 7.43. The molecular weight excluding hydrogens is 750 g/mol. The van der Waals surface area contributed by atoms with Crippen molar-refractivity contribution in [3.05, 3.63) is 24.3 Å². The van der Waals surface area contributed by atoms with E-state index in [9.17, 15) is 19.0 Å². The van der Waals surface area contributed by atoms with Gasteiger partial charge >= 0.3 is 19.8 Å². The normalized spacial score (nSPS) is 13.7. The van der Waals surface area contributed by atoms with Gasteiger partial charge in [0.25, 0.3) is 0 Å². The van der Waals surface area contributed by atoms with E-state index in [-0.39, 0.29) is 25.6 Å². The summed E-state index contributed by atoms with van der Waals surface area (Å²) >= 11 is 0. The topological polar surface area (TPSA) is 108 Å². The standard InChI is InChI=1S/C48H92NO8P/c1-6-8-10-12-14-15-16-17-18-19-20-21-22-23-24-25-26-27-28-29-30-31-32-33-35-37-39-41-48(51)57-46(45-56-58(52,53)55-43-42-49(3,4)5)44-54-47(50)40-38-36-34-13-11-9-7-2/h16-17,19-20,46H,6-15,18,21-45H2,1-5H3/p+1/b17-16-,20-19-. The van der Waals surface area contributed by atoms with Crippen LogP contribution in [0.5, 0.6) is 0 Å². The smallest absolute Gasteiger partial charge is 0.462 e. The molecule has 0 aromatic heterocycles. The zero-order chi connectivity index (χ0) is 42.8. The van der Waals surface area contributed by atoms with E-state index in [4.69, 9.17) is 18.5 Å². The van der Waals surface area contributed by atoms with E-state index < -0.39 is 26.5 Å². The summed E-state index contributed by atoms with van der Waals surface area (Å²) in [6.45, 7) is 4.38. The first-order chi connectivity index (χ1) is 28.0. The summed E-state index contributed by atoms with van der Waals surface area (Å²) in [6, 6.07) is 0. The Bertz CT molecular complexity index is 1040. The summed E-state index contributed by atoms with van der Waals surface area (Å²) in [5.74, 6) is -0.798. The number of likely N-dealkylation sites (N-methyl/N-ethyl adjacent to an activating group) is 1. The predicted molar refractivity (Wildman–Crippen MR) is 243 cm³/mol. The third-order valence-electron chi connectivity index (χ3n) is 10.5. The van der Waals surface area contributed by atoms with Gasteiger partial charge in [0.15, 0.2) is 6.10 Å². The summed E-state index contributed by atoms with van der Waals surface area (Å²) in [7, 11) is 1.48. The Morgan fingerprint density at radius 2 is 0.931 bits per heavy atom. The van der Waals surface area contributed by atoms with Gasteiger partial charge in [-0.3, -0.25) is 18.6 Å². The highest BCUT2D eigenvalue weighted by Gasteiger charge is 2.27. The van der Waals surface area contributed by atoms with Gasteiger partial charge in [-0.2, -0.15) is 0 Å². The highest BCUT2D eigenvalue weighted by atomic mass is 31.2. The molecule has 0 rings (SSSR count). The number of hydrogen-bond donors (Lipinski definition) is 1. The number of rotatable bonds is 44. The second-order valence-electron chi connectivity index (χ2n) is 17.5. The summed E-state index contributed by atoms with van der Waals surface area (Å²) in [5.41, 5.74) is 0. The highest BCUT2D eigenvalue weighted by molar-refractivity contribution is 7.47. The van der Waals surface area contributed by atoms with Crippen LogP contribution < -0.4 is 0 Å². The first kappa shape index (κ1) is 56.5. The Morgan fingerprint density at radius 3 is 1.36 bits per heavy atom. The molecule has 0 saturated carbocycles. The van der Waals surface area contributed by atoms with Crippen LogP contribution in [0, 0.1) is 0 Å². The van der Waals surface area contributed by atoms with Crippen molar-refractivity contribution in [1.82, 2.24) is 0 Å². The second-order valence-corrected chi connectivity index (χ2v) is 19.0. The van der Waals surface area contributed by atoms with Crippen molar-refractivity contribution >= 4 is 19.8 Å². The molecular formula is C48H93NO8P+. The number of allylic oxidation sites excluding steroid dienone is 4. The summed E-state index contributed by atoms with van der Waals surface area (Å²) in [6.07, 6.45) is 45.5. The molecule has 0 aliphatic rings. The van der Waals surface area contributed by atoms with Gasteiger partial charge in [-0.25, -0.2) is 4.57 Å². The Balaban J connectivity index is 4.03. The molecule has 9 nitrogen and oxygen atoms in total. The number of carbonyl (C=O) groups is 2. The van der Waals surface area contributed by atoms with Crippen LogP contribution in [0.2, 0.25) is 0 Å². The molecule has 0 spiro atoms. The summed E-state index contributed by atoms with van der Waals surface area (Å²) in [4.78, 5) is 35.2.